The Balaban J connectivity index is 1.69. The highest BCUT2D eigenvalue weighted by Crippen LogP contribution is 2.13. The lowest BCUT2D eigenvalue weighted by molar-refractivity contribution is -0.118. The molecule has 8 nitrogen and oxygen atoms in total. The Morgan fingerprint density at radius 1 is 0.750 bits per heavy atom. The van der Waals surface area contributed by atoms with E-state index < -0.39 is 0 Å². The number of nitrogens with one attached hydrogen (secondary N) is 4. The van der Waals surface area contributed by atoms with Gasteiger partial charge in [-0.1, -0.05) is 12.1 Å². The Morgan fingerprint density at radius 2 is 1.29 bits per heavy atom. The van der Waals surface area contributed by atoms with E-state index in [0.717, 1.165) is 0 Å². The molecule has 2 rings (SSSR count). The molecule has 0 bridgehead atoms. The minimum atomic E-state index is -0.152. The first-order valence-corrected chi connectivity index (χ1v) is 8.84. The van der Waals surface area contributed by atoms with Crippen LogP contribution in [0.25, 0.3) is 0 Å². The van der Waals surface area contributed by atoms with E-state index in [1.165, 1.54) is 0 Å². The Hall–Kier alpha value is -3.68. The predicted octanol–water partition coefficient (Wildman–Crippen LogP) is 2.39. The zero-order valence-corrected chi connectivity index (χ0v) is 15.4. The highest BCUT2D eigenvalue weighted by atomic mass is 16.2. The van der Waals surface area contributed by atoms with Gasteiger partial charge in [0.25, 0.3) is 0 Å². The second-order valence-electron chi connectivity index (χ2n) is 6.29. The minimum Gasteiger partial charge on any atom is -0.384 e. The van der Waals surface area contributed by atoms with Crippen LogP contribution in [0.5, 0.6) is 0 Å². The third-order valence-corrected chi connectivity index (χ3v) is 3.99. The third-order valence-electron chi connectivity index (χ3n) is 3.99. The summed E-state index contributed by atoms with van der Waals surface area (Å²) in [4.78, 5) is 23.9. The topological polar surface area (TPSA) is 158 Å². The quantitative estimate of drug-likeness (QED) is 0.224. The molecule has 0 aliphatic carbocycles. The van der Waals surface area contributed by atoms with Gasteiger partial charge in [-0.05, 0) is 49.2 Å². The summed E-state index contributed by atoms with van der Waals surface area (Å²) >= 11 is 0. The molecule has 0 spiro atoms. The number of carbonyl (C=O) groups excluding carboxylic acids is 2. The molecule has 8 heteroatoms. The van der Waals surface area contributed by atoms with E-state index in [1.807, 2.05) is 0 Å². The third kappa shape index (κ3) is 6.56. The second kappa shape index (κ2) is 9.86. The number of nitrogens with two attached hydrogens (primary N) is 2. The maximum atomic E-state index is 12.0. The van der Waals surface area contributed by atoms with Gasteiger partial charge in [0, 0.05) is 35.3 Å². The summed E-state index contributed by atoms with van der Waals surface area (Å²) in [5, 5.41) is 20.3. The Bertz CT molecular complexity index is 877. The molecular weight excluding hydrogens is 356 g/mol. The fourth-order valence-electron chi connectivity index (χ4n) is 2.52. The van der Waals surface area contributed by atoms with Crippen molar-refractivity contribution in [2.24, 2.45) is 11.5 Å². The van der Waals surface area contributed by atoms with E-state index in [4.69, 9.17) is 22.3 Å². The number of unbranched alkanes of at least 4 members (excludes halogenated alkanes) is 1. The molecule has 0 radical (unpaired) electrons. The number of anilines is 2. The van der Waals surface area contributed by atoms with Crippen molar-refractivity contribution >= 4 is 34.9 Å². The molecular formula is C20H24N6O2. The van der Waals surface area contributed by atoms with Crippen LogP contribution in [0, 0.1) is 10.8 Å². The van der Waals surface area contributed by atoms with Crippen LogP contribution in [0.2, 0.25) is 0 Å². The average molecular weight is 380 g/mol. The Morgan fingerprint density at radius 3 is 1.82 bits per heavy atom. The van der Waals surface area contributed by atoms with E-state index in [1.54, 1.807) is 48.5 Å². The number of amidine groups is 2. The number of carbonyl (C=O) groups is 2. The standard InChI is InChI=1S/C20H24N6O2/c21-19(22)13-8-10-15(11-9-13)25-17(27)6-1-2-7-18(28)26-16-5-3-4-14(12-16)20(23)24/h3-5,8-12H,1-2,6-7H2,(H3,21,22)(H3,23,24)(H,25,27)(H,26,28). The average Bonchev–Trinajstić information content (AvgIpc) is 2.66. The van der Waals surface area contributed by atoms with Crippen LogP contribution in [0.1, 0.15) is 36.8 Å². The molecule has 0 aliphatic rings. The first-order valence-electron chi connectivity index (χ1n) is 8.84. The van der Waals surface area contributed by atoms with Gasteiger partial charge < -0.3 is 22.1 Å². The van der Waals surface area contributed by atoms with Crippen LogP contribution in [0.4, 0.5) is 11.4 Å². The van der Waals surface area contributed by atoms with Crippen LogP contribution < -0.4 is 22.1 Å². The summed E-state index contributed by atoms with van der Waals surface area (Å²) < 4.78 is 0. The number of hydrogen-bond acceptors (Lipinski definition) is 4. The first kappa shape index (κ1) is 20.6. The first-order chi connectivity index (χ1) is 13.3. The summed E-state index contributed by atoms with van der Waals surface area (Å²) in [6, 6.07) is 13.5. The lowest BCUT2D eigenvalue weighted by Gasteiger charge is -2.08. The van der Waals surface area contributed by atoms with E-state index >= 15 is 0 Å². The second-order valence-corrected chi connectivity index (χ2v) is 6.29. The van der Waals surface area contributed by atoms with Crippen molar-refractivity contribution in [3.05, 3.63) is 59.7 Å². The lowest BCUT2D eigenvalue weighted by Crippen LogP contribution is -2.15. The maximum Gasteiger partial charge on any atom is 0.224 e. The van der Waals surface area contributed by atoms with Gasteiger partial charge in [0.1, 0.15) is 11.7 Å². The molecule has 0 atom stereocenters. The van der Waals surface area contributed by atoms with E-state index in [2.05, 4.69) is 10.6 Å². The zero-order valence-electron chi connectivity index (χ0n) is 15.4. The molecule has 0 aromatic heterocycles. The summed E-state index contributed by atoms with van der Waals surface area (Å²) in [5.74, 6) is -0.367. The molecule has 0 saturated carbocycles. The molecule has 8 N–H and O–H groups in total. The van der Waals surface area contributed by atoms with Crippen LogP contribution in [0.3, 0.4) is 0 Å². The number of benzene rings is 2. The molecule has 28 heavy (non-hydrogen) atoms. The van der Waals surface area contributed by atoms with E-state index in [-0.39, 0.29) is 23.5 Å². The molecule has 0 unspecified atom stereocenters. The van der Waals surface area contributed by atoms with E-state index in [0.29, 0.717) is 48.2 Å². The van der Waals surface area contributed by atoms with Gasteiger partial charge in [0.15, 0.2) is 0 Å². The molecule has 0 aliphatic heterocycles. The predicted molar refractivity (Wildman–Crippen MR) is 111 cm³/mol. The SMILES string of the molecule is N=C(N)c1ccc(NC(=O)CCCCC(=O)Nc2cccc(C(=N)N)c2)cc1. The number of rotatable bonds is 9. The van der Waals surface area contributed by atoms with Crippen LogP contribution in [-0.2, 0) is 9.59 Å². The molecule has 2 amide bonds. The Labute approximate surface area is 163 Å². The smallest absolute Gasteiger partial charge is 0.224 e. The molecule has 0 saturated heterocycles. The number of amides is 2. The molecule has 2 aromatic carbocycles. The molecule has 0 fully saturated rings. The number of nitrogen functional groups attached to an aromatic ring is 2. The fraction of sp³-hybridized carbons (Fsp3) is 0.200. The van der Waals surface area contributed by atoms with Crippen LogP contribution >= 0.6 is 0 Å². The van der Waals surface area contributed by atoms with Gasteiger partial charge in [0.05, 0.1) is 0 Å². The van der Waals surface area contributed by atoms with Crippen molar-refractivity contribution < 1.29 is 9.59 Å². The van der Waals surface area contributed by atoms with Gasteiger partial charge >= 0.3 is 0 Å². The molecule has 146 valence electrons. The van der Waals surface area contributed by atoms with Crippen molar-refractivity contribution in [2.45, 2.75) is 25.7 Å². The molecule has 0 heterocycles. The van der Waals surface area contributed by atoms with Gasteiger partial charge in [-0.2, -0.15) is 0 Å². The van der Waals surface area contributed by atoms with Crippen molar-refractivity contribution in [3.8, 4) is 0 Å². The molecule has 2 aromatic rings. The normalized spacial score (nSPS) is 10.1. The summed E-state index contributed by atoms with van der Waals surface area (Å²) in [5.41, 5.74) is 13.2. The maximum absolute atomic E-state index is 12.0. The highest BCUT2D eigenvalue weighted by Gasteiger charge is 2.07. The fourth-order valence-corrected chi connectivity index (χ4v) is 2.52. The summed E-state index contributed by atoms with van der Waals surface area (Å²) in [6.45, 7) is 0. The Kier molecular flexibility index (Phi) is 7.27. The van der Waals surface area contributed by atoms with Gasteiger partial charge in [0.2, 0.25) is 11.8 Å². The van der Waals surface area contributed by atoms with Crippen molar-refractivity contribution in [1.29, 1.82) is 10.8 Å². The summed E-state index contributed by atoms with van der Waals surface area (Å²) in [6.07, 6.45) is 1.76. The lowest BCUT2D eigenvalue weighted by atomic mass is 10.1. The highest BCUT2D eigenvalue weighted by molar-refractivity contribution is 5.98. The zero-order chi connectivity index (χ0) is 20.5. The van der Waals surface area contributed by atoms with Gasteiger partial charge in [-0.25, -0.2) is 0 Å². The van der Waals surface area contributed by atoms with Crippen LogP contribution in [0.15, 0.2) is 48.5 Å². The van der Waals surface area contributed by atoms with Crippen molar-refractivity contribution in [3.63, 3.8) is 0 Å². The van der Waals surface area contributed by atoms with Crippen LogP contribution in [-0.4, -0.2) is 23.5 Å². The largest absolute Gasteiger partial charge is 0.384 e. The summed E-state index contributed by atoms with van der Waals surface area (Å²) in [7, 11) is 0. The van der Waals surface area contributed by atoms with Gasteiger partial charge in [-0.3, -0.25) is 20.4 Å². The number of hydrogen-bond donors (Lipinski definition) is 6. The van der Waals surface area contributed by atoms with Crippen molar-refractivity contribution in [1.82, 2.24) is 0 Å². The van der Waals surface area contributed by atoms with Gasteiger partial charge in [-0.15, -0.1) is 0 Å². The van der Waals surface area contributed by atoms with Crippen molar-refractivity contribution in [2.75, 3.05) is 10.6 Å². The monoisotopic (exact) mass is 380 g/mol. The van der Waals surface area contributed by atoms with E-state index in [9.17, 15) is 9.59 Å². The minimum absolute atomic E-state index is 0.0239.